The van der Waals surface area contributed by atoms with Crippen LogP contribution in [0.3, 0.4) is 0 Å². The number of hydrogen-bond acceptors (Lipinski definition) is 5. The fraction of sp³-hybridized carbons (Fsp3) is 0.714. The average Bonchev–Trinajstić information content (AvgIpc) is 2.13. The Balaban J connectivity index is 4.08. The van der Waals surface area contributed by atoms with Crippen molar-refractivity contribution in [3.8, 4) is 0 Å². The first-order chi connectivity index (χ1) is 6.52. The van der Waals surface area contributed by atoms with Crippen LogP contribution in [0.4, 0.5) is 0 Å². The Hall–Kier alpha value is -0.400. The van der Waals surface area contributed by atoms with Gasteiger partial charge in [-0.15, -0.1) is 0 Å². The molecule has 82 valence electrons. The Morgan fingerprint density at radius 3 is 2.36 bits per heavy atom. The van der Waals surface area contributed by atoms with Crippen molar-refractivity contribution in [3.63, 3.8) is 0 Å². The molecular weight excluding hydrogens is 224 g/mol. The van der Waals surface area contributed by atoms with Crippen LogP contribution in [0, 0.1) is 0 Å². The van der Waals surface area contributed by atoms with Gasteiger partial charge in [0, 0.05) is 5.75 Å². The van der Waals surface area contributed by atoms with Crippen molar-refractivity contribution in [2.24, 2.45) is 5.73 Å². The van der Waals surface area contributed by atoms with Crippen LogP contribution in [0.5, 0.6) is 0 Å². The van der Waals surface area contributed by atoms with Crippen LogP contribution in [0.2, 0.25) is 0 Å². The van der Waals surface area contributed by atoms with Gasteiger partial charge in [-0.1, -0.05) is 0 Å². The lowest BCUT2D eigenvalue weighted by Gasteiger charge is -2.15. The van der Waals surface area contributed by atoms with Gasteiger partial charge in [0.05, 0.1) is 6.04 Å². The predicted molar refractivity (Wildman–Crippen MR) is 59.9 cm³/mol. The molecule has 0 heterocycles. The smallest absolute Gasteiger partial charge is 0.327 e. The minimum absolute atomic E-state index is 0.0364. The molecule has 0 aromatic heterocycles. The summed E-state index contributed by atoms with van der Waals surface area (Å²) in [5.74, 6) is -1.09. The van der Waals surface area contributed by atoms with E-state index in [1.54, 1.807) is 0 Å². The number of hydrogen-bond donors (Lipinski definition) is 5. The predicted octanol–water partition coefficient (Wildman–Crippen LogP) is -0.867. The van der Waals surface area contributed by atoms with E-state index in [0.717, 1.165) is 0 Å². The molecule has 0 aliphatic carbocycles. The maximum absolute atomic E-state index is 11.2. The third-order valence-electron chi connectivity index (χ3n) is 1.57. The summed E-state index contributed by atoms with van der Waals surface area (Å²) in [4.78, 5) is 21.8. The maximum Gasteiger partial charge on any atom is 0.327 e. The number of carboxylic acid groups (broad SMARTS) is 1. The van der Waals surface area contributed by atoms with Crippen molar-refractivity contribution in [1.82, 2.24) is 5.32 Å². The summed E-state index contributed by atoms with van der Waals surface area (Å²) in [5, 5.41) is 10.9. The molecule has 5 nitrogen and oxygen atoms in total. The zero-order chi connectivity index (χ0) is 11.1. The highest BCUT2D eigenvalue weighted by atomic mass is 32.1. The molecule has 0 rings (SSSR count). The van der Waals surface area contributed by atoms with Crippen LogP contribution in [-0.4, -0.2) is 40.6 Å². The molecule has 0 aliphatic rings. The first-order valence-corrected chi connectivity index (χ1v) is 5.30. The van der Waals surface area contributed by atoms with E-state index in [1.165, 1.54) is 0 Å². The van der Waals surface area contributed by atoms with Crippen LogP contribution in [0.15, 0.2) is 0 Å². The van der Waals surface area contributed by atoms with Gasteiger partial charge in [0.2, 0.25) is 5.91 Å². The zero-order valence-corrected chi connectivity index (χ0v) is 9.30. The molecule has 2 unspecified atom stereocenters. The summed E-state index contributed by atoms with van der Waals surface area (Å²) < 4.78 is 0. The van der Waals surface area contributed by atoms with E-state index in [2.05, 4.69) is 30.6 Å². The van der Waals surface area contributed by atoms with Gasteiger partial charge in [0.15, 0.2) is 0 Å². The van der Waals surface area contributed by atoms with E-state index >= 15 is 0 Å². The van der Waals surface area contributed by atoms with Gasteiger partial charge in [0.25, 0.3) is 0 Å². The first-order valence-electron chi connectivity index (χ1n) is 4.03. The largest absolute Gasteiger partial charge is 0.480 e. The van der Waals surface area contributed by atoms with E-state index in [9.17, 15) is 9.59 Å². The van der Waals surface area contributed by atoms with Crippen molar-refractivity contribution < 1.29 is 14.7 Å². The fourth-order valence-corrected chi connectivity index (χ4v) is 1.26. The van der Waals surface area contributed by atoms with Crippen LogP contribution in [-0.2, 0) is 9.59 Å². The number of rotatable bonds is 6. The van der Waals surface area contributed by atoms with E-state index in [0.29, 0.717) is 12.2 Å². The van der Waals surface area contributed by atoms with Gasteiger partial charge in [-0.2, -0.15) is 25.3 Å². The number of amides is 1. The van der Waals surface area contributed by atoms with E-state index in [4.69, 9.17) is 10.8 Å². The molecule has 0 radical (unpaired) electrons. The molecular formula is C7H14N2O3S2. The van der Waals surface area contributed by atoms with Crippen molar-refractivity contribution in [1.29, 1.82) is 0 Å². The average molecular weight is 238 g/mol. The number of thiol groups is 2. The van der Waals surface area contributed by atoms with Crippen molar-refractivity contribution in [3.05, 3.63) is 0 Å². The number of carbonyl (C=O) groups excluding carboxylic acids is 1. The summed E-state index contributed by atoms with van der Waals surface area (Å²) in [6.07, 6.45) is 0.411. The molecule has 2 atom stereocenters. The normalized spacial score (nSPS) is 14.5. The molecule has 0 spiro atoms. The summed E-state index contributed by atoms with van der Waals surface area (Å²) in [5.41, 5.74) is 5.45. The minimum atomic E-state index is -1.12. The van der Waals surface area contributed by atoms with Crippen molar-refractivity contribution >= 4 is 37.1 Å². The van der Waals surface area contributed by atoms with Crippen LogP contribution in [0.25, 0.3) is 0 Å². The molecule has 0 fully saturated rings. The monoisotopic (exact) mass is 238 g/mol. The third-order valence-corrected chi connectivity index (χ3v) is 2.20. The van der Waals surface area contributed by atoms with E-state index < -0.39 is 24.0 Å². The molecule has 0 aliphatic heterocycles. The number of nitrogens with two attached hydrogens (primary N) is 1. The van der Waals surface area contributed by atoms with E-state index in [1.807, 2.05) is 0 Å². The highest BCUT2D eigenvalue weighted by Crippen LogP contribution is 1.94. The molecule has 1 amide bonds. The molecule has 0 aromatic rings. The summed E-state index contributed by atoms with van der Waals surface area (Å²) in [6, 6.07) is -1.70. The zero-order valence-electron chi connectivity index (χ0n) is 7.51. The van der Waals surface area contributed by atoms with Gasteiger partial charge in [0.1, 0.15) is 6.04 Å². The number of carboxylic acids is 1. The van der Waals surface area contributed by atoms with Gasteiger partial charge in [-0.25, -0.2) is 4.79 Å². The summed E-state index contributed by atoms with van der Waals surface area (Å²) in [6.45, 7) is 0. The lowest BCUT2D eigenvalue weighted by Crippen LogP contribution is -2.49. The second-order valence-corrected chi connectivity index (χ2v) is 3.51. The second kappa shape index (κ2) is 6.97. The number of nitrogens with one attached hydrogen (secondary N) is 1. The first kappa shape index (κ1) is 13.6. The summed E-state index contributed by atoms with van der Waals surface area (Å²) >= 11 is 7.72. The highest BCUT2D eigenvalue weighted by molar-refractivity contribution is 7.80. The number of carbonyl (C=O) groups is 2. The molecule has 0 saturated carbocycles. The van der Waals surface area contributed by atoms with Gasteiger partial charge in [-0.3, -0.25) is 4.79 Å². The fourth-order valence-electron chi connectivity index (χ4n) is 0.734. The molecule has 7 heteroatoms. The minimum Gasteiger partial charge on any atom is -0.480 e. The molecule has 4 N–H and O–H groups in total. The Morgan fingerprint density at radius 2 is 2.00 bits per heavy atom. The number of aliphatic carboxylic acids is 1. The van der Waals surface area contributed by atoms with Gasteiger partial charge in [-0.05, 0) is 12.2 Å². The van der Waals surface area contributed by atoms with Gasteiger partial charge < -0.3 is 16.2 Å². The van der Waals surface area contributed by atoms with Crippen molar-refractivity contribution in [2.75, 3.05) is 11.5 Å². The standard InChI is InChI=1S/C7H14N2O3S2/c8-4(1-2-13)6(10)9-5(3-14)7(11)12/h4-5,13-14H,1-3,8H2,(H,9,10)(H,11,12). The molecule has 0 bridgehead atoms. The van der Waals surface area contributed by atoms with E-state index in [-0.39, 0.29) is 5.75 Å². The van der Waals surface area contributed by atoms with Gasteiger partial charge >= 0.3 is 5.97 Å². The second-order valence-electron chi connectivity index (χ2n) is 2.70. The van der Waals surface area contributed by atoms with Crippen LogP contribution >= 0.6 is 25.3 Å². The lowest BCUT2D eigenvalue weighted by molar-refractivity contribution is -0.141. The topological polar surface area (TPSA) is 92.4 Å². The molecule has 14 heavy (non-hydrogen) atoms. The Bertz CT molecular complexity index is 213. The summed E-state index contributed by atoms with van der Waals surface area (Å²) in [7, 11) is 0. The Labute approximate surface area is 93.2 Å². The maximum atomic E-state index is 11.2. The van der Waals surface area contributed by atoms with Crippen LogP contribution < -0.4 is 11.1 Å². The molecule has 0 aromatic carbocycles. The SMILES string of the molecule is NC(CCS)C(=O)NC(CS)C(=O)O. The molecule has 0 saturated heterocycles. The quantitative estimate of drug-likeness (QED) is 0.389. The Kier molecular flexibility index (Phi) is 6.77. The van der Waals surface area contributed by atoms with Crippen LogP contribution in [0.1, 0.15) is 6.42 Å². The lowest BCUT2D eigenvalue weighted by atomic mass is 10.2. The highest BCUT2D eigenvalue weighted by Gasteiger charge is 2.21. The van der Waals surface area contributed by atoms with Crippen molar-refractivity contribution in [2.45, 2.75) is 18.5 Å². The Morgan fingerprint density at radius 1 is 1.43 bits per heavy atom. The third kappa shape index (κ3) is 4.73.